The Bertz CT molecular complexity index is 500. The van der Waals surface area contributed by atoms with Crippen LogP contribution in [0.1, 0.15) is 13.8 Å². The standard InChI is InChI=1S/C11H15FN2O2S/c1-4-8-14(9(2)3)17(15,16)11-10(12)6-5-7-13-11/h4-7,9H,1,8H2,2-3H3. The average molecular weight is 258 g/mol. The van der Waals surface area contributed by atoms with E-state index in [0.29, 0.717) is 0 Å². The maximum atomic E-state index is 13.5. The number of pyridine rings is 1. The molecule has 0 aliphatic heterocycles. The van der Waals surface area contributed by atoms with Gasteiger partial charge in [-0.2, -0.15) is 4.31 Å². The summed E-state index contributed by atoms with van der Waals surface area (Å²) in [5.41, 5.74) is 0. The van der Waals surface area contributed by atoms with Gasteiger partial charge in [0.25, 0.3) is 10.0 Å². The van der Waals surface area contributed by atoms with E-state index in [2.05, 4.69) is 11.6 Å². The Labute approximate surface area is 101 Å². The zero-order valence-corrected chi connectivity index (χ0v) is 10.6. The lowest BCUT2D eigenvalue weighted by Gasteiger charge is -2.23. The Morgan fingerprint density at radius 3 is 2.71 bits per heavy atom. The van der Waals surface area contributed by atoms with E-state index in [1.807, 2.05) is 0 Å². The van der Waals surface area contributed by atoms with Crippen LogP contribution in [0, 0.1) is 5.82 Å². The molecular weight excluding hydrogens is 243 g/mol. The van der Waals surface area contributed by atoms with Gasteiger partial charge < -0.3 is 0 Å². The van der Waals surface area contributed by atoms with Crippen molar-refractivity contribution in [3.8, 4) is 0 Å². The molecule has 0 unspecified atom stereocenters. The lowest BCUT2D eigenvalue weighted by molar-refractivity contribution is 0.377. The molecule has 0 radical (unpaired) electrons. The Morgan fingerprint density at radius 2 is 2.24 bits per heavy atom. The Morgan fingerprint density at radius 1 is 1.59 bits per heavy atom. The van der Waals surface area contributed by atoms with Gasteiger partial charge in [-0.05, 0) is 26.0 Å². The second-order valence-corrected chi connectivity index (χ2v) is 5.55. The highest BCUT2D eigenvalue weighted by Crippen LogP contribution is 2.18. The van der Waals surface area contributed by atoms with E-state index in [0.717, 1.165) is 10.4 Å². The van der Waals surface area contributed by atoms with Crippen LogP contribution >= 0.6 is 0 Å². The molecule has 0 atom stereocenters. The number of hydrogen-bond donors (Lipinski definition) is 0. The molecule has 94 valence electrons. The summed E-state index contributed by atoms with van der Waals surface area (Å²) in [5, 5.41) is -0.546. The zero-order chi connectivity index (χ0) is 13.1. The molecule has 4 nitrogen and oxygen atoms in total. The van der Waals surface area contributed by atoms with Crippen molar-refractivity contribution in [2.75, 3.05) is 6.54 Å². The highest BCUT2D eigenvalue weighted by Gasteiger charge is 2.29. The maximum absolute atomic E-state index is 13.5. The maximum Gasteiger partial charge on any atom is 0.264 e. The molecule has 0 amide bonds. The smallest absolute Gasteiger partial charge is 0.241 e. The molecule has 0 saturated heterocycles. The van der Waals surface area contributed by atoms with Gasteiger partial charge in [0.2, 0.25) is 5.03 Å². The van der Waals surface area contributed by atoms with Crippen molar-refractivity contribution in [3.63, 3.8) is 0 Å². The van der Waals surface area contributed by atoms with Crippen LogP contribution < -0.4 is 0 Å². The highest BCUT2D eigenvalue weighted by molar-refractivity contribution is 7.89. The van der Waals surface area contributed by atoms with Crippen molar-refractivity contribution in [1.29, 1.82) is 0 Å². The molecule has 17 heavy (non-hydrogen) atoms. The van der Waals surface area contributed by atoms with Gasteiger partial charge in [0.1, 0.15) is 0 Å². The lowest BCUT2D eigenvalue weighted by atomic mass is 10.4. The van der Waals surface area contributed by atoms with Crippen molar-refractivity contribution in [2.45, 2.75) is 24.9 Å². The van der Waals surface area contributed by atoms with E-state index >= 15 is 0 Å². The molecule has 0 spiro atoms. The lowest BCUT2D eigenvalue weighted by Crippen LogP contribution is -2.37. The van der Waals surface area contributed by atoms with Crippen LogP contribution in [0.5, 0.6) is 0 Å². The van der Waals surface area contributed by atoms with Crippen molar-refractivity contribution < 1.29 is 12.8 Å². The summed E-state index contributed by atoms with van der Waals surface area (Å²) in [6.07, 6.45) is 2.71. The summed E-state index contributed by atoms with van der Waals surface area (Å²) >= 11 is 0. The predicted molar refractivity (Wildman–Crippen MR) is 63.4 cm³/mol. The topological polar surface area (TPSA) is 50.3 Å². The first kappa shape index (κ1) is 13.8. The molecule has 0 aliphatic carbocycles. The molecule has 1 rings (SSSR count). The minimum atomic E-state index is -3.92. The normalized spacial score (nSPS) is 12.1. The third-order valence-corrected chi connectivity index (χ3v) is 4.14. The molecule has 0 aliphatic rings. The molecule has 0 N–H and O–H groups in total. The fourth-order valence-corrected chi connectivity index (χ4v) is 2.97. The summed E-state index contributed by atoms with van der Waals surface area (Å²) in [6, 6.07) is 2.13. The zero-order valence-electron chi connectivity index (χ0n) is 9.80. The average Bonchev–Trinajstić information content (AvgIpc) is 2.25. The van der Waals surface area contributed by atoms with Crippen LogP contribution in [0.2, 0.25) is 0 Å². The Balaban J connectivity index is 3.26. The van der Waals surface area contributed by atoms with Gasteiger partial charge >= 0.3 is 0 Å². The first-order valence-corrected chi connectivity index (χ1v) is 6.58. The summed E-state index contributed by atoms with van der Waals surface area (Å²) < 4.78 is 38.9. The van der Waals surface area contributed by atoms with Crippen LogP contribution in [-0.4, -0.2) is 30.3 Å². The third kappa shape index (κ3) is 2.89. The third-order valence-electron chi connectivity index (χ3n) is 2.16. The van der Waals surface area contributed by atoms with Crippen LogP contribution in [0.4, 0.5) is 4.39 Å². The molecule has 6 heteroatoms. The predicted octanol–water partition coefficient (Wildman–Crippen LogP) is 1.81. The molecular formula is C11H15FN2O2S. The first-order valence-electron chi connectivity index (χ1n) is 5.14. The van der Waals surface area contributed by atoms with E-state index < -0.39 is 20.9 Å². The minimum absolute atomic E-state index is 0.121. The highest BCUT2D eigenvalue weighted by atomic mass is 32.2. The number of halogens is 1. The van der Waals surface area contributed by atoms with Crippen molar-refractivity contribution in [3.05, 3.63) is 36.8 Å². The molecule has 1 heterocycles. The summed E-state index contributed by atoms with van der Waals surface area (Å²) in [5.74, 6) is -0.845. The molecule has 0 fully saturated rings. The van der Waals surface area contributed by atoms with Gasteiger partial charge in [-0.1, -0.05) is 6.08 Å². The largest absolute Gasteiger partial charge is 0.264 e. The molecule has 1 aromatic heterocycles. The van der Waals surface area contributed by atoms with E-state index in [1.54, 1.807) is 13.8 Å². The monoisotopic (exact) mass is 258 g/mol. The van der Waals surface area contributed by atoms with Gasteiger partial charge in [-0.25, -0.2) is 17.8 Å². The van der Waals surface area contributed by atoms with Gasteiger partial charge in [0, 0.05) is 18.8 Å². The summed E-state index contributed by atoms with van der Waals surface area (Å²) in [7, 11) is -3.92. The van der Waals surface area contributed by atoms with E-state index in [1.165, 1.54) is 18.3 Å². The van der Waals surface area contributed by atoms with E-state index in [-0.39, 0.29) is 12.6 Å². The number of hydrogen-bond acceptors (Lipinski definition) is 3. The number of sulfonamides is 1. The van der Waals surface area contributed by atoms with Gasteiger partial charge in [-0.3, -0.25) is 0 Å². The van der Waals surface area contributed by atoms with Crippen molar-refractivity contribution >= 4 is 10.0 Å². The van der Waals surface area contributed by atoms with Crippen LogP contribution in [0.25, 0.3) is 0 Å². The Hall–Kier alpha value is -1.27. The van der Waals surface area contributed by atoms with Gasteiger partial charge in [0.15, 0.2) is 5.82 Å². The summed E-state index contributed by atoms with van der Waals surface area (Å²) in [6.45, 7) is 7.03. The molecule has 0 saturated carbocycles. The molecule has 1 aromatic rings. The fraction of sp³-hybridized carbons (Fsp3) is 0.364. The SMILES string of the molecule is C=CCN(C(C)C)S(=O)(=O)c1ncccc1F. The van der Waals surface area contributed by atoms with Crippen molar-refractivity contribution in [2.24, 2.45) is 0 Å². The second-order valence-electron chi connectivity index (χ2n) is 3.75. The second kappa shape index (κ2) is 5.37. The fourth-order valence-electron chi connectivity index (χ4n) is 1.39. The van der Waals surface area contributed by atoms with Crippen LogP contribution in [0.15, 0.2) is 36.0 Å². The van der Waals surface area contributed by atoms with Gasteiger partial charge in [0.05, 0.1) is 0 Å². The van der Waals surface area contributed by atoms with E-state index in [4.69, 9.17) is 0 Å². The quantitative estimate of drug-likeness (QED) is 0.757. The molecule has 0 bridgehead atoms. The summed E-state index contributed by atoms with van der Waals surface area (Å²) in [4.78, 5) is 3.60. The molecule has 0 aromatic carbocycles. The van der Waals surface area contributed by atoms with Crippen LogP contribution in [0.3, 0.4) is 0 Å². The van der Waals surface area contributed by atoms with Gasteiger partial charge in [-0.15, -0.1) is 6.58 Å². The van der Waals surface area contributed by atoms with Crippen LogP contribution in [-0.2, 0) is 10.0 Å². The minimum Gasteiger partial charge on any atom is -0.241 e. The first-order chi connectivity index (χ1) is 7.91. The van der Waals surface area contributed by atoms with Crippen molar-refractivity contribution in [1.82, 2.24) is 9.29 Å². The Kier molecular flexibility index (Phi) is 4.36. The number of aromatic nitrogens is 1. The van der Waals surface area contributed by atoms with E-state index in [9.17, 15) is 12.8 Å². The number of rotatable bonds is 5. The number of nitrogens with zero attached hydrogens (tertiary/aromatic N) is 2.